The van der Waals surface area contributed by atoms with Crippen LogP contribution in [0.15, 0.2) is 12.4 Å². The van der Waals surface area contributed by atoms with Crippen LogP contribution >= 0.6 is 0 Å². The quantitative estimate of drug-likeness (QED) is 0.755. The molecule has 1 saturated heterocycles. The van der Waals surface area contributed by atoms with Gasteiger partial charge in [-0.05, 0) is 19.4 Å². The number of carbonyl (C=O) groups excluding carboxylic acids is 1. The van der Waals surface area contributed by atoms with Gasteiger partial charge in [0.15, 0.2) is 0 Å². The molecule has 0 radical (unpaired) electrons. The highest BCUT2D eigenvalue weighted by Crippen LogP contribution is 2.13. The zero-order valence-corrected chi connectivity index (χ0v) is 9.64. The lowest BCUT2D eigenvalue weighted by atomic mass is 10.2. The van der Waals surface area contributed by atoms with E-state index in [9.17, 15) is 4.79 Å². The number of nitrogens with one attached hydrogen (secondary N) is 1. The van der Waals surface area contributed by atoms with E-state index in [0.717, 1.165) is 25.1 Å². The Balaban J connectivity index is 1.74. The maximum Gasteiger partial charge on any atom is 0.323 e. The van der Waals surface area contributed by atoms with Crippen molar-refractivity contribution in [3.8, 4) is 0 Å². The smallest absolute Gasteiger partial charge is 0.323 e. The molecule has 0 amide bonds. The molecule has 88 valence electrons. The van der Waals surface area contributed by atoms with Gasteiger partial charge in [-0.3, -0.25) is 9.48 Å². The predicted molar refractivity (Wildman–Crippen MR) is 58.9 cm³/mol. The molecule has 0 aliphatic carbocycles. The molecular formula is C11H17N3O2. The van der Waals surface area contributed by atoms with E-state index in [-0.39, 0.29) is 18.1 Å². The molecule has 0 spiro atoms. The number of aryl methyl sites for hydroxylation is 1. The van der Waals surface area contributed by atoms with Gasteiger partial charge in [0.1, 0.15) is 12.1 Å². The van der Waals surface area contributed by atoms with Crippen LogP contribution in [0.1, 0.15) is 18.9 Å². The summed E-state index contributed by atoms with van der Waals surface area (Å²) in [5.41, 5.74) is 1.15. The standard InChI is InChI=1S/C11H17N3O2/c1-8-6-13-14(7-8)4-3-12-10-5-9(2)16-11(10)15/h6-7,9-10,12H,3-5H2,1-2H3/t9-,10+/m1/s1. The number of hydrogen-bond acceptors (Lipinski definition) is 4. The molecule has 5 nitrogen and oxygen atoms in total. The molecule has 5 heteroatoms. The Morgan fingerprint density at radius 3 is 3.06 bits per heavy atom. The molecule has 2 atom stereocenters. The number of cyclic esters (lactones) is 1. The predicted octanol–water partition coefficient (Wildman–Crippen LogP) is 0.485. The van der Waals surface area contributed by atoms with E-state index in [1.54, 1.807) is 0 Å². The Hall–Kier alpha value is -1.36. The van der Waals surface area contributed by atoms with Gasteiger partial charge in [-0.15, -0.1) is 0 Å². The molecule has 1 N–H and O–H groups in total. The summed E-state index contributed by atoms with van der Waals surface area (Å²) >= 11 is 0. The van der Waals surface area contributed by atoms with Crippen molar-refractivity contribution < 1.29 is 9.53 Å². The third-order valence-electron chi connectivity index (χ3n) is 2.66. The summed E-state index contributed by atoms with van der Waals surface area (Å²) in [5, 5.41) is 7.36. The highest BCUT2D eigenvalue weighted by Gasteiger charge is 2.30. The van der Waals surface area contributed by atoms with Gasteiger partial charge >= 0.3 is 5.97 Å². The first-order valence-electron chi connectivity index (χ1n) is 5.58. The maximum absolute atomic E-state index is 11.3. The van der Waals surface area contributed by atoms with E-state index in [1.807, 2.05) is 30.9 Å². The molecule has 0 saturated carbocycles. The molecule has 1 aliphatic rings. The van der Waals surface area contributed by atoms with Gasteiger partial charge in [-0.25, -0.2) is 0 Å². The van der Waals surface area contributed by atoms with Crippen LogP contribution in [0.5, 0.6) is 0 Å². The summed E-state index contributed by atoms with van der Waals surface area (Å²) in [6.07, 6.45) is 4.61. The van der Waals surface area contributed by atoms with Crippen LogP contribution in [0.4, 0.5) is 0 Å². The monoisotopic (exact) mass is 223 g/mol. The first kappa shape index (κ1) is 11.1. The van der Waals surface area contributed by atoms with Crippen molar-refractivity contribution in [3.05, 3.63) is 18.0 Å². The molecule has 1 aliphatic heterocycles. The minimum Gasteiger partial charge on any atom is -0.461 e. The van der Waals surface area contributed by atoms with Crippen molar-refractivity contribution in [3.63, 3.8) is 0 Å². The Kier molecular flexibility index (Phi) is 3.24. The Labute approximate surface area is 94.8 Å². The first-order valence-corrected chi connectivity index (χ1v) is 5.58. The van der Waals surface area contributed by atoms with E-state index < -0.39 is 0 Å². The van der Waals surface area contributed by atoms with Crippen LogP contribution < -0.4 is 5.32 Å². The number of rotatable bonds is 4. The van der Waals surface area contributed by atoms with Gasteiger partial charge in [0.25, 0.3) is 0 Å². The number of aromatic nitrogens is 2. The van der Waals surface area contributed by atoms with Gasteiger partial charge in [0, 0.05) is 19.2 Å². The van der Waals surface area contributed by atoms with E-state index >= 15 is 0 Å². The molecule has 0 aromatic carbocycles. The lowest BCUT2D eigenvalue weighted by Gasteiger charge is -2.08. The first-order chi connectivity index (χ1) is 7.65. The molecule has 1 fully saturated rings. The fraction of sp³-hybridized carbons (Fsp3) is 0.636. The van der Waals surface area contributed by atoms with Crippen LogP contribution in [-0.2, 0) is 16.1 Å². The summed E-state index contributed by atoms with van der Waals surface area (Å²) in [7, 11) is 0. The van der Waals surface area contributed by atoms with Crippen molar-refractivity contribution in [2.24, 2.45) is 0 Å². The average Bonchev–Trinajstić information content (AvgIpc) is 2.74. The van der Waals surface area contributed by atoms with E-state index in [2.05, 4.69) is 10.4 Å². The third-order valence-corrected chi connectivity index (χ3v) is 2.66. The highest BCUT2D eigenvalue weighted by molar-refractivity contribution is 5.77. The van der Waals surface area contributed by atoms with E-state index in [0.29, 0.717) is 0 Å². The van der Waals surface area contributed by atoms with Gasteiger partial charge < -0.3 is 10.1 Å². The topological polar surface area (TPSA) is 56.1 Å². The molecule has 1 aromatic rings. The number of nitrogens with zero attached hydrogens (tertiary/aromatic N) is 2. The maximum atomic E-state index is 11.3. The number of carbonyl (C=O) groups is 1. The Morgan fingerprint density at radius 1 is 1.69 bits per heavy atom. The normalized spacial score (nSPS) is 24.8. The van der Waals surface area contributed by atoms with Gasteiger partial charge in [0.2, 0.25) is 0 Å². The fourth-order valence-corrected chi connectivity index (χ4v) is 1.87. The Morgan fingerprint density at radius 2 is 2.50 bits per heavy atom. The number of esters is 1. The minimum absolute atomic E-state index is 0.0388. The fourth-order valence-electron chi connectivity index (χ4n) is 1.87. The molecule has 16 heavy (non-hydrogen) atoms. The van der Waals surface area contributed by atoms with Crippen molar-refractivity contribution in [2.45, 2.75) is 39.0 Å². The van der Waals surface area contributed by atoms with Crippen LogP contribution in [-0.4, -0.2) is 34.4 Å². The highest BCUT2D eigenvalue weighted by atomic mass is 16.6. The van der Waals surface area contributed by atoms with Crippen molar-refractivity contribution >= 4 is 5.97 Å². The average molecular weight is 223 g/mol. The third kappa shape index (κ3) is 2.61. The second-order valence-electron chi connectivity index (χ2n) is 4.27. The second-order valence-corrected chi connectivity index (χ2v) is 4.27. The summed E-state index contributed by atoms with van der Waals surface area (Å²) < 4.78 is 6.92. The van der Waals surface area contributed by atoms with Crippen LogP contribution in [0.3, 0.4) is 0 Å². The number of hydrogen-bond donors (Lipinski definition) is 1. The number of ether oxygens (including phenoxy) is 1. The summed E-state index contributed by atoms with van der Waals surface area (Å²) in [6, 6.07) is -0.147. The molecule has 0 unspecified atom stereocenters. The molecule has 0 bridgehead atoms. The van der Waals surface area contributed by atoms with Gasteiger partial charge in [-0.2, -0.15) is 5.10 Å². The SMILES string of the molecule is Cc1cnn(CCN[C@H]2C[C@@H](C)OC2=O)c1. The minimum atomic E-state index is -0.147. The van der Waals surface area contributed by atoms with Crippen LogP contribution in [0, 0.1) is 6.92 Å². The van der Waals surface area contributed by atoms with Crippen molar-refractivity contribution in [1.82, 2.24) is 15.1 Å². The lowest BCUT2D eigenvalue weighted by Crippen LogP contribution is -2.35. The largest absolute Gasteiger partial charge is 0.461 e. The lowest BCUT2D eigenvalue weighted by molar-refractivity contribution is -0.142. The molecule has 2 rings (SSSR count). The van der Waals surface area contributed by atoms with E-state index in [4.69, 9.17) is 4.74 Å². The van der Waals surface area contributed by atoms with Crippen LogP contribution in [0.2, 0.25) is 0 Å². The van der Waals surface area contributed by atoms with Crippen molar-refractivity contribution in [2.75, 3.05) is 6.54 Å². The summed E-state index contributed by atoms with van der Waals surface area (Å²) in [4.78, 5) is 11.3. The van der Waals surface area contributed by atoms with Crippen LogP contribution in [0.25, 0.3) is 0 Å². The molecule has 2 heterocycles. The van der Waals surface area contributed by atoms with Gasteiger partial charge in [0.05, 0.1) is 12.7 Å². The summed E-state index contributed by atoms with van der Waals surface area (Å²) in [5.74, 6) is -0.135. The van der Waals surface area contributed by atoms with E-state index in [1.165, 1.54) is 0 Å². The second kappa shape index (κ2) is 4.65. The molecular weight excluding hydrogens is 206 g/mol. The van der Waals surface area contributed by atoms with Crippen molar-refractivity contribution in [1.29, 1.82) is 0 Å². The molecule has 1 aromatic heterocycles. The zero-order chi connectivity index (χ0) is 11.5. The van der Waals surface area contributed by atoms with Gasteiger partial charge in [-0.1, -0.05) is 0 Å². The Bertz CT molecular complexity index is 375. The summed E-state index contributed by atoms with van der Waals surface area (Å²) in [6.45, 7) is 5.42. The zero-order valence-electron chi connectivity index (χ0n) is 9.64.